The average molecular weight is 378 g/mol. The Labute approximate surface area is 153 Å². The van der Waals surface area contributed by atoms with E-state index in [-0.39, 0.29) is 11.7 Å². The molecular weight excluding hydrogens is 342 g/mol. The van der Waals surface area contributed by atoms with Gasteiger partial charge in [0.25, 0.3) is 0 Å². The summed E-state index contributed by atoms with van der Waals surface area (Å²) in [7, 11) is 0.350. The minimum absolute atomic E-state index is 0.229. The van der Waals surface area contributed by atoms with Gasteiger partial charge in [0.05, 0.1) is 43.9 Å². The Hall–Kier alpha value is -0.920. The van der Waals surface area contributed by atoms with Crippen molar-refractivity contribution in [3.8, 4) is 0 Å². The van der Waals surface area contributed by atoms with Crippen molar-refractivity contribution in [1.82, 2.24) is 0 Å². The summed E-state index contributed by atoms with van der Waals surface area (Å²) in [6.45, 7) is 5.90. The van der Waals surface area contributed by atoms with Gasteiger partial charge in [0.2, 0.25) is 0 Å². The van der Waals surface area contributed by atoms with Gasteiger partial charge < -0.3 is 13.8 Å². The van der Waals surface area contributed by atoms with Crippen molar-refractivity contribution >= 4 is 16.1 Å². The van der Waals surface area contributed by atoms with Crippen molar-refractivity contribution < 1.29 is 27.0 Å². The zero-order valence-electron chi connectivity index (χ0n) is 15.9. The van der Waals surface area contributed by atoms with Crippen molar-refractivity contribution in [3.63, 3.8) is 0 Å². The highest BCUT2D eigenvalue weighted by Gasteiger charge is 2.14. The van der Waals surface area contributed by atoms with Gasteiger partial charge in [-0.2, -0.15) is 0 Å². The zero-order chi connectivity index (χ0) is 19.2. The normalized spacial score (nSPS) is 12.1. The molecule has 0 aromatic rings. The molecule has 0 radical (unpaired) electrons. The first kappa shape index (κ1) is 24.1. The Morgan fingerprint density at radius 3 is 1.96 bits per heavy atom. The Morgan fingerprint density at radius 2 is 1.44 bits per heavy atom. The van der Waals surface area contributed by atoms with Gasteiger partial charge in [-0.15, -0.1) is 0 Å². The Kier molecular flexibility index (Phi) is 12.8. The minimum Gasteiger partial charge on any atom is -0.748 e. The smallest absolute Gasteiger partial charge is 0.330 e. The fourth-order valence-corrected chi connectivity index (χ4v) is 3.27. The number of nitrogens with zero attached hydrogens (tertiary/aromatic N) is 1. The molecule has 25 heavy (non-hydrogen) atoms. The van der Waals surface area contributed by atoms with Gasteiger partial charge in [0.1, 0.15) is 0 Å². The van der Waals surface area contributed by atoms with Crippen molar-refractivity contribution in [1.29, 1.82) is 0 Å². The van der Waals surface area contributed by atoms with E-state index in [4.69, 9.17) is 4.74 Å². The highest BCUT2D eigenvalue weighted by Crippen LogP contribution is 2.11. The van der Waals surface area contributed by atoms with Gasteiger partial charge in [-0.3, -0.25) is 0 Å². The van der Waals surface area contributed by atoms with Crippen LogP contribution in [0.25, 0.3) is 0 Å². The number of carbonyl (C=O) groups excluding carboxylic acids is 1. The lowest BCUT2D eigenvalue weighted by atomic mass is 10.1. The van der Waals surface area contributed by atoms with Crippen LogP contribution in [-0.2, 0) is 19.6 Å². The van der Waals surface area contributed by atoms with Crippen molar-refractivity contribution in [2.75, 3.05) is 39.5 Å². The summed E-state index contributed by atoms with van der Waals surface area (Å²) in [5, 5.41) is 0. The molecule has 148 valence electrons. The maximum Gasteiger partial charge on any atom is 0.330 e. The van der Waals surface area contributed by atoms with E-state index < -0.39 is 10.1 Å². The van der Waals surface area contributed by atoms with E-state index in [1.807, 2.05) is 0 Å². The largest absolute Gasteiger partial charge is 0.748 e. The van der Waals surface area contributed by atoms with Gasteiger partial charge in [0.15, 0.2) is 0 Å². The molecule has 0 bridgehead atoms. The summed E-state index contributed by atoms with van der Waals surface area (Å²) in [6, 6.07) is 0. The number of quaternary nitrogens is 1. The highest BCUT2D eigenvalue weighted by molar-refractivity contribution is 7.85. The number of carbonyl (C=O) groups is 1. The molecule has 0 atom stereocenters. The van der Waals surface area contributed by atoms with Crippen LogP contribution in [0.1, 0.15) is 57.8 Å². The van der Waals surface area contributed by atoms with Gasteiger partial charge in [-0.25, -0.2) is 13.2 Å². The molecule has 0 aliphatic carbocycles. The second kappa shape index (κ2) is 13.3. The fourth-order valence-electron chi connectivity index (χ4n) is 2.72. The number of unbranched alkanes of at least 4 members (excludes halogenated alkanes) is 7. The molecule has 0 saturated heterocycles. The first-order chi connectivity index (χ1) is 11.7. The number of rotatable bonds is 16. The van der Waals surface area contributed by atoms with E-state index in [9.17, 15) is 17.8 Å². The second-order valence-corrected chi connectivity index (χ2v) is 8.72. The Morgan fingerprint density at radius 1 is 0.960 bits per heavy atom. The topological polar surface area (TPSA) is 83.5 Å². The predicted octanol–water partition coefficient (Wildman–Crippen LogP) is 2.85. The van der Waals surface area contributed by atoms with E-state index in [0.717, 1.165) is 49.7 Å². The summed E-state index contributed by atoms with van der Waals surface area (Å²) in [5.74, 6) is -0.591. The van der Waals surface area contributed by atoms with Crippen LogP contribution in [0.5, 0.6) is 0 Å². The minimum atomic E-state index is -4.04. The average Bonchev–Trinajstić information content (AvgIpc) is 2.52. The van der Waals surface area contributed by atoms with Crippen molar-refractivity contribution in [2.24, 2.45) is 0 Å². The van der Waals surface area contributed by atoms with Crippen LogP contribution < -0.4 is 0 Å². The van der Waals surface area contributed by atoms with Crippen LogP contribution in [0.2, 0.25) is 0 Å². The lowest BCUT2D eigenvalue weighted by Gasteiger charge is -2.29. The second-order valence-electron chi connectivity index (χ2n) is 7.20. The quantitative estimate of drug-likeness (QED) is 0.136. The molecule has 0 unspecified atom stereocenters. The number of esters is 1. The van der Waals surface area contributed by atoms with Gasteiger partial charge in [0, 0.05) is 18.2 Å². The first-order valence-corrected chi connectivity index (χ1v) is 10.8. The van der Waals surface area contributed by atoms with E-state index in [1.54, 1.807) is 0 Å². The number of hydrogen-bond acceptors (Lipinski definition) is 5. The maximum atomic E-state index is 10.9. The summed E-state index contributed by atoms with van der Waals surface area (Å²) < 4.78 is 37.3. The summed E-state index contributed by atoms with van der Waals surface area (Å²) in [6.07, 6.45) is 10.2. The van der Waals surface area contributed by atoms with Crippen molar-refractivity contribution in [2.45, 2.75) is 57.8 Å². The lowest BCUT2D eigenvalue weighted by Crippen LogP contribution is -2.41. The summed E-state index contributed by atoms with van der Waals surface area (Å²) in [4.78, 5) is 10.9. The molecule has 0 heterocycles. The third-order valence-corrected chi connectivity index (χ3v) is 5.02. The molecule has 0 spiro atoms. The standard InChI is InChI=1S/C18H35NO5S/c1-4-18(20)24-16-13-15-19(2,3)14-11-9-7-5-6-8-10-12-17-25(21,22)23/h4H,1,5-17H2,2-3H3. The number of hydrogen-bond donors (Lipinski definition) is 0. The van der Waals surface area contributed by atoms with Gasteiger partial charge in [-0.05, 0) is 19.3 Å². The monoisotopic (exact) mass is 377 g/mol. The maximum absolute atomic E-state index is 10.9. The lowest BCUT2D eigenvalue weighted by molar-refractivity contribution is -0.890. The van der Waals surface area contributed by atoms with Crippen LogP contribution >= 0.6 is 0 Å². The highest BCUT2D eigenvalue weighted by atomic mass is 32.2. The molecule has 0 aliphatic heterocycles. The van der Waals surface area contributed by atoms with Crippen LogP contribution in [0.3, 0.4) is 0 Å². The molecule has 0 fully saturated rings. The Balaban J connectivity index is 3.47. The van der Waals surface area contributed by atoms with Crippen LogP contribution in [-0.4, -0.2) is 63.0 Å². The molecule has 0 amide bonds. The molecule has 0 aromatic carbocycles. The molecule has 0 rings (SSSR count). The number of ether oxygens (including phenoxy) is 1. The molecule has 6 nitrogen and oxygen atoms in total. The van der Waals surface area contributed by atoms with Gasteiger partial charge in [-0.1, -0.05) is 38.7 Å². The molecule has 0 N–H and O–H groups in total. The van der Waals surface area contributed by atoms with E-state index in [0.29, 0.717) is 13.0 Å². The predicted molar refractivity (Wildman–Crippen MR) is 99.1 cm³/mol. The molecule has 7 heteroatoms. The molecule has 0 saturated carbocycles. The molecule has 0 aliphatic rings. The SMILES string of the molecule is C=CC(=O)OCCC[N+](C)(C)CCCCCCCCCCS(=O)(=O)[O-]. The van der Waals surface area contributed by atoms with Crippen LogP contribution in [0.15, 0.2) is 12.7 Å². The van der Waals surface area contributed by atoms with E-state index in [1.165, 1.54) is 25.3 Å². The van der Waals surface area contributed by atoms with Crippen LogP contribution in [0.4, 0.5) is 0 Å². The Bertz CT molecular complexity index is 474. The summed E-state index contributed by atoms with van der Waals surface area (Å²) in [5.41, 5.74) is 0. The van der Waals surface area contributed by atoms with E-state index in [2.05, 4.69) is 20.7 Å². The van der Waals surface area contributed by atoms with Crippen molar-refractivity contribution in [3.05, 3.63) is 12.7 Å². The fraction of sp³-hybridized carbons (Fsp3) is 0.833. The third kappa shape index (κ3) is 17.7. The summed E-state index contributed by atoms with van der Waals surface area (Å²) >= 11 is 0. The van der Waals surface area contributed by atoms with Crippen LogP contribution in [0, 0.1) is 0 Å². The zero-order valence-corrected chi connectivity index (χ0v) is 16.7. The van der Waals surface area contributed by atoms with E-state index >= 15 is 0 Å². The molecular formula is C18H35NO5S. The van der Waals surface area contributed by atoms with Gasteiger partial charge >= 0.3 is 5.97 Å². The third-order valence-electron chi connectivity index (χ3n) is 4.23. The molecule has 0 aromatic heterocycles. The first-order valence-electron chi connectivity index (χ1n) is 9.21.